The third-order valence-electron chi connectivity index (χ3n) is 2.89. The molecule has 14 heavy (non-hydrogen) atoms. The maximum atomic E-state index is 6.28. The maximum Gasteiger partial charge on any atom is 0.0278 e. The SMILES string of the molecule is C=C(C)CN(CC)CC(N)(CC)CC. The minimum atomic E-state index is -0.0224. The van der Waals surface area contributed by atoms with Gasteiger partial charge in [-0.1, -0.05) is 32.9 Å². The second-order valence-corrected chi connectivity index (χ2v) is 4.33. The van der Waals surface area contributed by atoms with Crippen molar-refractivity contribution in [2.75, 3.05) is 19.6 Å². The van der Waals surface area contributed by atoms with Crippen LogP contribution in [-0.2, 0) is 0 Å². The van der Waals surface area contributed by atoms with Crippen molar-refractivity contribution in [1.82, 2.24) is 4.90 Å². The van der Waals surface area contributed by atoms with Gasteiger partial charge in [0.25, 0.3) is 0 Å². The Morgan fingerprint density at radius 3 is 2.07 bits per heavy atom. The van der Waals surface area contributed by atoms with Crippen molar-refractivity contribution in [3.8, 4) is 0 Å². The highest BCUT2D eigenvalue weighted by atomic mass is 15.1. The smallest absolute Gasteiger partial charge is 0.0278 e. The number of likely N-dealkylation sites (N-methyl/N-ethyl adjacent to an activating group) is 1. The fourth-order valence-corrected chi connectivity index (χ4v) is 1.58. The highest BCUT2D eigenvalue weighted by molar-refractivity contribution is 4.94. The van der Waals surface area contributed by atoms with E-state index in [1.54, 1.807) is 0 Å². The molecular formula is C12H26N2. The summed E-state index contributed by atoms with van der Waals surface area (Å²) >= 11 is 0. The second kappa shape index (κ2) is 6.20. The zero-order valence-electron chi connectivity index (χ0n) is 10.3. The Bertz CT molecular complexity index is 171. The van der Waals surface area contributed by atoms with Crippen LogP contribution in [0.25, 0.3) is 0 Å². The fourth-order valence-electron chi connectivity index (χ4n) is 1.58. The Kier molecular flexibility index (Phi) is 6.05. The lowest BCUT2D eigenvalue weighted by Crippen LogP contribution is -2.49. The maximum absolute atomic E-state index is 6.28. The molecule has 0 aromatic heterocycles. The van der Waals surface area contributed by atoms with E-state index in [9.17, 15) is 0 Å². The molecule has 0 unspecified atom stereocenters. The molecule has 0 rings (SSSR count). The van der Waals surface area contributed by atoms with Gasteiger partial charge < -0.3 is 5.73 Å². The fraction of sp³-hybridized carbons (Fsp3) is 0.833. The Morgan fingerprint density at radius 2 is 1.79 bits per heavy atom. The van der Waals surface area contributed by atoms with Gasteiger partial charge in [-0.2, -0.15) is 0 Å². The summed E-state index contributed by atoms with van der Waals surface area (Å²) in [5, 5.41) is 0. The molecule has 0 aliphatic heterocycles. The van der Waals surface area contributed by atoms with Crippen molar-refractivity contribution in [3.05, 3.63) is 12.2 Å². The summed E-state index contributed by atoms with van der Waals surface area (Å²) in [6.07, 6.45) is 2.08. The summed E-state index contributed by atoms with van der Waals surface area (Å²) in [7, 11) is 0. The monoisotopic (exact) mass is 198 g/mol. The molecular weight excluding hydrogens is 172 g/mol. The van der Waals surface area contributed by atoms with Gasteiger partial charge in [-0.25, -0.2) is 0 Å². The molecule has 2 nitrogen and oxygen atoms in total. The van der Waals surface area contributed by atoms with Crippen LogP contribution in [0.15, 0.2) is 12.2 Å². The van der Waals surface area contributed by atoms with Crippen molar-refractivity contribution in [3.63, 3.8) is 0 Å². The third kappa shape index (κ3) is 4.77. The molecule has 0 atom stereocenters. The molecule has 0 bridgehead atoms. The second-order valence-electron chi connectivity index (χ2n) is 4.33. The number of nitrogens with two attached hydrogens (primary N) is 1. The number of nitrogens with zero attached hydrogens (tertiary/aromatic N) is 1. The first-order chi connectivity index (χ1) is 6.47. The Morgan fingerprint density at radius 1 is 1.29 bits per heavy atom. The quantitative estimate of drug-likeness (QED) is 0.637. The average molecular weight is 198 g/mol. The number of rotatable bonds is 7. The molecule has 0 saturated carbocycles. The first-order valence-electron chi connectivity index (χ1n) is 5.63. The van der Waals surface area contributed by atoms with Crippen molar-refractivity contribution in [1.29, 1.82) is 0 Å². The summed E-state index contributed by atoms with van der Waals surface area (Å²) in [4.78, 5) is 2.37. The van der Waals surface area contributed by atoms with Crippen molar-refractivity contribution in [2.45, 2.75) is 46.1 Å². The summed E-state index contributed by atoms with van der Waals surface area (Å²) in [6, 6.07) is 0. The third-order valence-corrected chi connectivity index (χ3v) is 2.89. The van der Waals surface area contributed by atoms with E-state index in [1.165, 1.54) is 5.57 Å². The summed E-state index contributed by atoms with van der Waals surface area (Å²) < 4.78 is 0. The molecule has 0 aliphatic carbocycles. The van der Waals surface area contributed by atoms with Gasteiger partial charge in [-0.15, -0.1) is 0 Å². The van der Waals surface area contributed by atoms with Crippen LogP contribution in [0.5, 0.6) is 0 Å². The highest BCUT2D eigenvalue weighted by Gasteiger charge is 2.22. The molecule has 84 valence electrons. The normalized spacial score (nSPS) is 12.1. The zero-order chi connectivity index (χ0) is 11.2. The highest BCUT2D eigenvalue weighted by Crippen LogP contribution is 2.13. The Balaban J connectivity index is 4.21. The number of hydrogen-bond acceptors (Lipinski definition) is 2. The topological polar surface area (TPSA) is 29.3 Å². The van der Waals surface area contributed by atoms with Crippen LogP contribution in [0.4, 0.5) is 0 Å². The first-order valence-corrected chi connectivity index (χ1v) is 5.63. The average Bonchev–Trinajstić information content (AvgIpc) is 2.16. The summed E-state index contributed by atoms with van der Waals surface area (Å²) in [5.41, 5.74) is 7.46. The van der Waals surface area contributed by atoms with E-state index in [0.717, 1.165) is 32.5 Å². The van der Waals surface area contributed by atoms with E-state index >= 15 is 0 Å². The van der Waals surface area contributed by atoms with Gasteiger partial charge in [-0.3, -0.25) is 4.90 Å². The summed E-state index contributed by atoms with van der Waals surface area (Å²) in [5.74, 6) is 0. The molecule has 0 amide bonds. The lowest BCUT2D eigenvalue weighted by Gasteiger charge is -2.33. The predicted octanol–water partition coefficient (Wildman–Crippen LogP) is 2.40. The lowest BCUT2D eigenvalue weighted by molar-refractivity contribution is 0.220. The van der Waals surface area contributed by atoms with Crippen LogP contribution in [0, 0.1) is 0 Å². The zero-order valence-corrected chi connectivity index (χ0v) is 10.3. The van der Waals surface area contributed by atoms with Gasteiger partial charge in [0.05, 0.1) is 0 Å². The van der Waals surface area contributed by atoms with Gasteiger partial charge in [-0.05, 0) is 26.3 Å². The summed E-state index contributed by atoms with van der Waals surface area (Å²) in [6.45, 7) is 15.5. The van der Waals surface area contributed by atoms with E-state index in [4.69, 9.17) is 5.73 Å². The van der Waals surface area contributed by atoms with Gasteiger partial charge in [0.1, 0.15) is 0 Å². The molecule has 2 heteroatoms. The van der Waals surface area contributed by atoms with Gasteiger partial charge in [0.15, 0.2) is 0 Å². The Hall–Kier alpha value is -0.340. The molecule has 0 heterocycles. The van der Waals surface area contributed by atoms with Crippen LogP contribution < -0.4 is 5.73 Å². The van der Waals surface area contributed by atoms with Crippen LogP contribution in [0.3, 0.4) is 0 Å². The van der Waals surface area contributed by atoms with Crippen molar-refractivity contribution < 1.29 is 0 Å². The molecule has 0 spiro atoms. The standard InChI is InChI=1S/C12H26N2/c1-6-12(13,7-2)10-14(8-3)9-11(4)5/h4,6-10,13H2,1-3,5H3. The van der Waals surface area contributed by atoms with E-state index in [1.807, 2.05) is 0 Å². The minimum Gasteiger partial charge on any atom is -0.324 e. The van der Waals surface area contributed by atoms with Crippen LogP contribution in [-0.4, -0.2) is 30.1 Å². The van der Waals surface area contributed by atoms with Crippen molar-refractivity contribution in [2.24, 2.45) is 5.73 Å². The van der Waals surface area contributed by atoms with Gasteiger partial charge in [0, 0.05) is 18.6 Å². The molecule has 0 fully saturated rings. The van der Waals surface area contributed by atoms with E-state index in [-0.39, 0.29) is 5.54 Å². The molecule has 0 aromatic rings. The van der Waals surface area contributed by atoms with Crippen molar-refractivity contribution >= 4 is 0 Å². The van der Waals surface area contributed by atoms with Crippen LogP contribution >= 0.6 is 0 Å². The first kappa shape index (κ1) is 13.7. The van der Waals surface area contributed by atoms with E-state index < -0.39 is 0 Å². The molecule has 0 aliphatic rings. The molecule has 0 aromatic carbocycles. The predicted molar refractivity (Wildman–Crippen MR) is 64.4 cm³/mol. The molecule has 0 radical (unpaired) electrons. The van der Waals surface area contributed by atoms with Gasteiger partial charge in [0.2, 0.25) is 0 Å². The number of hydrogen-bond donors (Lipinski definition) is 1. The minimum absolute atomic E-state index is 0.0224. The van der Waals surface area contributed by atoms with E-state index in [2.05, 4.69) is 39.2 Å². The molecule has 0 saturated heterocycles. The Labute approximate surface area is 89.2 Å². The van der Waals surface area contributed by atoms with Crippen LogP contribution in [0.1, 0.15) is 40.5 Å². The van der Waals surface area contributed by atoms with E-state index in [0.29, 0.717) is 0 Å². The molecule has 2 N–H and O–H groups in total. The van der Waals surface area contributed by atoms with Gasteiger partial charge >= 0.3 is 0 Å². The van der Waals surface area contributed by atoms with Crippen LogP contribution in [0.2, 0.25) is 0 Å². The largest absolute Gasteiger partial charge is 0.324 e. The lowest BCUT2D eigenvalue weighted by atomic mass is 9.93.